The molecule has 0 fully saturated rings. The fourth-order valence-electron chi connectivity index (χ4n) is 9.42. The van der Waals surface area contributed by atoms with E-state index in [0.717, 1.165) is 56.5 Å². The van der Waals surface area contributed by atoms with Gasteiger partial charge in [0.05, 0.1) is 10.9 Å². The summed E-state index contributed by atoms with van der Waals surface area (Å²) in [5.74, 6) is 1.84. The average molecular weight is 787 g/mol. The lowest BCUT2D eigenvalue weighted by Gasteiger charge is -2.41. The van der Waals surface area contributed by atoms with Crippen LogP contribution in [0.25, 0.3) is 66.8 Å². The highest BCUT2D eigenvalue weighted by molar-refractivity contribution is 7.99. The number of fused-ring (bicyclic) bond motifs is 10. The molecule has 1 spiro atoms. The van der Waals surface area contributed by atoms with E-state index in [1.165, 1.54) is 49.4 Å². The summed E-state index contributed by atoms with van der Waals surface area (Å²) in [6.45, 7) is 8.07. The number of rotatable bonds is 7. The van der Waals surface area contributed by atoms with Gasteiger partial charge in [0.15, 0.2) is 17.5 Å². The van der Waals surface area contributed by atoms with Crippen molar-refractivity contribution in [1.82, 2.24) is 19.9 Å². The molecule has 284 valence electrons. The summed E-state index contributed by atoms with van der Waals surface area (Å²) in [6, 6.07) is 50.9. The second kappa shape index (κ2) is 14.6. The summed E-state index contributed by atoms with van der Waals surface area (Å²) in [6.07, 6.45) is 15.8. The quantitative estimate of drug-likeness (QED) is 0.151. The normalized spacial score (nSPS) is 14.5. The number of hydrogen-bond donors (Lipinski definition) is 0. The van der Waals surface area contributed by atoms with Gasteiger partial charge < -0.3 is 0 Å². The molecule has 3 heterocycles. The first-order chi connectivity index (χ1) is 29.7. The Labute approximate surface area is 354 Å². The molecule has 4 nitrogen and oxygen atoms in total. The Balaban J connectivity index is 1.16. The Morgan fingerprint density at radius 2 is 1.18 bits per heavy atom. The van der Waals surface area contributed by atoms with Crippen molar-refractivity contribution in [3.8, 4) is 44.8 Å². The molecule has 0 radical (unpaired) electrons. The van der Waals surface area contributed by atoms with Crippen LogP contribution < -0.4 is 0 Å². The molecule has 0 amide bonds. The summed E-state index contributed by atoms with van der Waals surface area (Å²) in [7, 11) is 0. The third-order valence-corrected chi connectivity index (χ3v) is 13.3. The van der Waals surface area contributed by atoms with Crippen LogP contribution in [0.1, 0.15) is 46.7 Å². The minimum Gasteiger partial charge on any atom is -0.256 e. The number of aromatic nitrogens is 4. The van der Waals surface area contributed by atoms with Gasteiger partial charge in [0.2, 0.25) is 0 Å². The van der Waals surface area contributed by atoms with Crippen molar-refractivity contribution in [3.63, 3.8) is 0 Å². The van der Waals surface area contributed by atoms with Crippen LogP contribution in [0.3, 0.4) is 0 Å². The van der Waals surface area contributed by atoms with Crippen molar-refractivity contribution >= 4 is 33.8 Å². The Kier molecular flexibility index (Phi) is 8.72. The molecule has 6 aromatic carbocycles. The van der Waals surface area contributed by atoms with E-state index in [1.807, 2.05) is 30.1 Å². The Morgan fingerprint density at radius 3 is 1.88 bits per heavy atom. The largest absolute Gasteiger partial charge is 0.256 e. The second-order valence-electron chi connectivity index (χ2n) is 15.3. The maximum absolute atomic E-state index is 5.27. The van der Waals surface area contributed by atoms with Crippen molar-refractivity contribution in [2.24, 2.45) is 0 Å². The molecule has 0 saturated heterocycles. The zero-order valence-electron chi connectivity index (χ0n) is 32.8. The topological polar surface area (TPSA) is 51.6 Å². The Morgan fingerprint density at radius 1 is 0.567 bits per heavy atom. The minimum absolute atomic E-state index is 0.567. The number of para-hydroxylation sites is 1. The average Bonchev–Trinajstić information content (AvgIpc) is 3.61. The molecular formula is C55H38N4S. The van der Waals surface area contributed by atoms with Gasteiger partial charge in [0.1, 0.15) is 0 Å². The summed E-state index contributed by atoms with van der Waals surface area (Å²) in [4.78, 5) is 22.5. The van der Waals surface area contributed by atoms with E-state index in [0.29, 0.717) is 17.5 Å². The molecule has 0 atom stereocenters. The number of allylic oxidation sites excluding steroid dienone is 8. The highest BCUT2D eigenvalue weighted by Crippen LogP contribution is 2.64. The summed E-state index contributed by atoms with van der Waals surface area (Å²) in [5, 5.41) is 1.14. The van der Waals surface area contributed by atoms with Gasteiger partial charge in [-0.1, -0.05) is 189 Å². The van der Waals surface area contributed by atoms with Gasteiger partial charge in [-0.3, -0.25) is 4.98 Å². The van der Waals surface area contributed by atoms with Crippen LogP contribution in [0.5, 0.6) is 0 Å². The molecule has 60 heavy (non-hydrogen) atoms. The molecule has 2 aromatic heterocycles. The van der Waals surface area contributed by atoms with Gasteiger partial charge in [-0.05, 0) is 80.6 Å². The van der Waals surface area contributed by atoms with Gasteiger partial charge >= 0.3 is 0 Å². The maximum atomic E-state index is 5.27. The molecule has 8 aromatic rings. The molecule has 0 unspecified atom stereocenters. The standard InChI is InChI=1S/C55H38N4S/c1-3-16-35(4-2)52-57-53(38-17-6-5-7-18-38)59-54(58-52)44-23-15-27-48-51(44)60-50-40(37-31-29-36(30-32-37)39-33-34-56-49-28-13-10-21-43(39)49)22-14-26-47(50)55(48)45-24-11-8-19-41(45)42-20-9-12-25-46(42)55/h3-4,6,8-34H,1-2,5,7H2/b35-16+. The number of pyridine rings is 1. The smallest absolute Gasteiger partial charge is 0.165 e. The van der Waals surface area contributed by atoms with E-state index < -0.39 is 5.41 Å². The van der Waals surface area contributed by atoms with E-state index >= 15 is 0 Å². The van der Waals surface area contributed by atoms with Crippen LogP contribution in [0.15, 0.2) is 205 Å². The molecule has 0 saturated carbocycles. The monoisotopic (exact) mass is 786 g/mol. The SMILES string of the molecule is C=C/C=C(\C=C)c1nc(C2=CCCC=C2)nc(-c2cccc3c2Sc2c(-c4ccc(-c5ccnc6ccccc56)cc4)cccc2C32c3ccccc3-c3ccccc32)n1. The maximum Gasteiger partial charge on any atom is 0.165 e. The molecular weight excluding hydrogens is 749 g/mol. The van der Waals surface area contributed by atoms with E-state index in [2.05, 4.69) is 170 Å². The predicted molar refractivity (Wildman–Crippen MR) is 248 cm³/mol. The lowest BCUT2D eigenvalue weighted by atomic mass is 9.66. The van der Waals surface area contributed by atoms with Crippen molar-refractivity contribution < 1.29 is 0 Å². The van der Waals surface area contributed by atoms with Crippen molar-refractivity contribution in [3.05, 3.63) is 229 Å². The van der Waals surface area contributed by atoms with Gasteiger partial charge in [-0.2, -0.15) is 0 Å². The second-order valence-corrected chi connectivity index (χ2v) is 16.3. The lowest BCUT2D eigenvalue weighted by molar-refractivity contribution is 0.723. The van der Waals surface area contributed by atoms with Crippen molar-refractivity contribution in [1.29, 1.82) is 0 Å². The van der Waals surface area contributed by atoms with Crippen LogP contribution in [0, 0.1) is 0 Å². The first-order valence-electron chi connectivity index (χ1n) is 20.3. The van der Waals surface area contributed by atoms with Crippen molar-refractivity contribution in [2.45, 2.75) is 28.0 Å². The molecule has 5 heteroatoms. The van der Waals surface area contributed by atoms with Gasteiger partial charge in [-0.15, -0.1) is 0 Å². The van der Waals surface area contributed by atoms with E-state index in [9.17, 15) is 0 Å². The number of hydrogen-bond acceptors (Lipinski definition) is 5. The summed E-state index contributed by atoms with van der Waals surface area (Å²) in [5.41, 5.74) is 15.4. The molecule has 2 aliphatic carbocycles. The van der Waals surface area contributed by atoms with Crippen LogP contribution in [-0.2, 0) is 5.41 Å². The molecule has 1 aliphatic heterocycles. The van der Waals surface area contributed by atoms with Gasteiger partial charge in [0.25, 0.3) is 0 Å². The van der Waals surface area contributed by atoms with E-state index in [4.69, 9.17) is 15.0 Å². The van der Waals surface area contributed by atoms with Crippen LogP contribution in [-0.4, -0.2) is 19.9 Å². The zero-order valence-corrected chi connectivity index (χ0v) is 33.7. The van der Waals surface area contributed by atoms with E-state index in [1.54, 1.807) is 12.2 Å². The van der Waals surface area contributed by atoms with Crippen LogP contribution in [0.4, 0.5) is 0 Å². The van der Waals surface area contributed by atoms with Gasteiger partial charge in [-0.25, -0.2) is 15.0 Å². The Hall–Kier alpha value is -7.21. The van der Waals surface area contributed by atoms with E-state index in [-0.39, 0.29) is 0 Å². The molecule has 3 aliphatic rings. The fourth-order valence-corrected chi connectivity index (χ4v) is 10.9. The summed E-state index contributed by atoms with van der Waals surface area (Å²) < 4.78 is 0. The van der Waals surface area contributed by atoms with Gasteiger partial charge in [0, 0.05) is 38.1 Å². The third kappa shape index (κ3) is 5.54. The zero-order chi connectivity index (χ0) is 40.2. The lowest BCUT2D eigenvalue weighted by Crippen LogP contribution is -2.32. The first-order valence-corrected chi connectivity index (χ1v) is 21.2. The minimum atomic E-state index is -0.590. The Bertz CT molecular complexity index is 3120. The first kappa shape index (κ1) is 35.9. The predicted octanol–water partition coefficient (Wildman–Crippen LogP) is 13.7. The number of benzene rings is 6. The van der Waals surface area contributed by atoms with Crippen LogP contribution in [0.2, 0.25) is 0 Å². The number of nitrogens with zero attached hydrogens (tertiary/aromatic N) is 4. The molecule has 11 rings (SSSR count). The highest BCUT2D eigenvalue weighted by Gasteiger charge is 2.51. The third-order valence-electron chi connectivity index (χ3n) is 12.1. The van der Waals surface area contributed by atoms with Crippen LogP contribution >= 0.6 is 11.8 Å². The summed E-state index contributed by atoms with van der Waals surface area (Å²) >= 11 is 1.82. The highest BCUT2D eigenvalue weighted by atomic mass is 32.2. The molecule has 0 N–H and O–H groups in total. The van der Waals surface area contributed by atoms with Crippen molar-refractivity contribution in [2.75, 3.05) is 0 Å². The molecule has 0 bridgehead atoms. The fraction of sp³-hybridized carbons (Fsp3) is 0.0545.